The third-order valence-corrected chi connectivity index (χ3v) is 14.8. The Labute approximate surface area is 444 Å². The van der Waals surface area contributed by atoms with Gasteiger partial charge >= 0.3 is 0 Å². The largest absolute Gasteiger partial charge is 0.507 e. The normalized spacial score (nSPS) is 16.1. The molecule has 0 radical (unpaired) electrons. The number of nitrogens with zero attached hydrogens (tertiary/aromatic N) is 3. The van der Waals surface area contributed by atoms with Crippen molar-refractivity contribution in [1.82, 2.24) is 14.5 Å². The molecule has 1 N–H and O–H groups in total. The minimum atomic E-state index is -1.51. The van der Waals surface area contributed by atoms with Gasteiger partial charge in [0.2, 0.25) is 0 Å². The molecule has 10 rings (SSSR count). The van der Waals surface area contributed by atoms with Crippen molar-refractivity contribution in [2.45, 2.75) is 143 Å². The summed E-state index contributed by atoms with van der Waals surface area (Å²) in [4.78, 5) is 10.6. The Balaban J connectivity index is 0.00000689. The molecular formula is C66H72N3OPt-. The van der Waals surface area contributed by atoms with Crippen LogP contribution in [-0.4, -0.2) is 19.6 Å². The maximum Gasteiger partial charge on any atom is 0.148 e. The molecule has 2 heterocycles. The molecule has 8 aromatic rings. The molecule has 4 nitrogen and oxygen atoms in total. The fourth-order valence-corrected chi connectivity index (χ4v) is 10.6. The predicted octanol–water partition coefficient (Wildman–Crippen LogP) is 17.6. The van der Waals surface area contributed by atoms with Gasteiger partial charge in [0.15, 0.2) is 0 Å². The van der Waals surface area contributed by atoms with Gasteiger partial charge in [0, 0.05) is 49.6 Å². The molecule has 2 aliphatic carbocycles. The number of fused-ring (bicyclic) bond motifs is 1. The zero-order chi connectivity index (χ0) is 52.5. The molecular weight excluding hydrogens is 1050 g/mol. The van der Waals surface area contributed by atoms with Crippen molar-refractivity contribution in [2.75, 3.05) is 0 Å². The Morgan fingerprint density at radius 1 is 0.577 bits per heavy atom. The third kappa shape index (κ3) is 10.7. The van der Waals surface area contributed by atoms with Crippen LogP contribution in [0, 0.1) is 17.9 Å². The SMILES string of the molecule is [2H]C([2H])(c1ccc(-c2ccnc(-c3[c-]c(-c4cccc5c4nc(-c4cc(C(C)(C)C)cc(C(C)(C)C)c4O)n5-c4ccc(C([2H])([2H])C5CCCC5)cc4-c4ccccc4)cc(C(C)(C)C)c3)c2)cc1)C1CCCC1.[Pt]. The second-order valence-corrected chi connectivity index (χ2v) is 23.2. The van der Waals surface area contributed by atoms with Crippen molar-refractivity contribution in [3.63, 3.8) is 0 Å². The summed E-state index contributed by atoms with van der Waals surface area (Å²) in [6, 6.07) is 47.3. The van der Waals surface area contributed by atoms with Crippen molar-refractivity contribution in [2.24, 2.45) is 11.8 Å². The fourth-order valence-electron chi connectivity index (χ4n) is 10.6. The molecule has 2 fully saturated rings. The molecule has 0 bridgehead atoms. The average Bonchev–Trinajstić information content (AvgIpc) is 4.19. The number of pyridine rings is 1. The van der Waals surface area contributed by atoms with Gasteiger partial charge in [0.25, 0.3) is 0 Å². The maximum absolute atomic E-state index is 12.7. The van der Waals surface area contributed by atoms with Gasteiger partial charge in [-0.25, -0.2) is 4.98 Å². The molecule has 0 unspecified atom stereocenters. The fraction of sp³-hybridized carbons (Fsp3) is 0.364. The second-order valence-electron chi connectivity index (χ2n) is 23.2. The maximum atomic E-state index is 12.7. The minimum Gasteiger partial charge on any atom is -0.507 e. The van der Waals surface area contributed by atoms with Crippen LogP contribution in [0.3, 0.4) is 0 Å². The molecule has 71 heavy (non-hydrogen) atoms. The Kier molecular flexibility index (Phi) is 12.9. The van der Waals surface area contributed by atoms with Crippen molar-refractivity contribution in [3.8, 4) is 67.5 Å². The van der Waals surface area contributed by atoms with Gasteiger partial charge in [0.05, 0.1) is 22.3 Å². The van der Waals surface area contributed by atoms with Gasteiger partial charge in [-0.3, -0.25) is 9.55 Å². The van der Waals surface area contributed by atoms with E-state index in [0.717, 1.165) is 135 Å². The molecule has 0 amide bonds. The summed E-state index contributed by atoms with van der Waals surface area (Å²) in [7, 11) is 0. The topological polar surface area (TPSA) is 50.9 Å². The number of aromatic nitrogens is 3. The molecule has 2 aliphatic rings. The van der Waals surface area contributed by atoms with Crippen molar-refractivity contribution in [1.29, 1.82) is 0 Å². The number of hydrogen-bond donors (Lipinski definition) is 1. The Bertz CT molecular complexity index is 3360. The molecule has 5 heteroatoms. The van der Waals surface area contributed by atoms with Crippen LogP contribution in [0.4, 0.5) is 0 Å². The number of phenols is 1. The predicted molar refractivity (Wildman–Crippen MR) is 294 cm³/mol. The van der Waals surface area contributed by atoms with E-state index in [9.17, 15) is 7.85 Å². The van der Waals surface area contributed by atoms with E-state index in [1.54, 1.807) is 0 Å². The van der Waals surface area contributed by atoms with Crippen LogP contribution in [0.15, 0.2) is 134 Å². The van der Waals surface area contributed by atoms with Gasteiger partial charge in [-0.15, -0.1) is 29.3 Å². The Hall–Kier alpha value is -5.57. The smallest absolute Gasteiger partial charge is 0.148 e. The first-order valence-electron chi connectivity index (χ1n) is 27.8. The molecule has 6 aromatic carbocycles. The monoisotopic (exact) mass is 1120 g/mol. The van der Waals surface area contributed by atoms with E-state index < -0.39 is 12.7 Å². The number of rotatable bonds is 10. The Morgan fingerprint density at radius 3 is 1.85 bits per heavy atom. The van der Waals surface area contributed by atoms with Gasteiger partial charge in [-0.2, -0.15) is 0 Å². The summed E-state index contributed by atoms with van der Waals surface area (Å²) in [6.45, 7) is 19.7. The summed E-state index contributed by atoms with van der Waals surface area (Å²) in [5.74, 6) is 0.787. The molecule has 0 atom stereocenters. The number of aromatic hydroxyl groups is 1. The summed E-state index contributed by atoms with van der Waals surface area (Å²) in [5, 5.41) is 12.7. The third-order valence-electron chi connectivity index (χ3n) is 14.8. The molecule has 368 valence electrons. The summed E-state index contributed by atoms with van der Waals surface area (Å²) in [5.41, 5.74) is 13.9. The van der Waals surface area contributed by atoms with E-state index in [1.807, 2.05) is 60.8 Å². The van der Waals surface area contributed by atoms with Crippen LogP contribution < -0.4 is 0 Å². The molecule has 0 saturated heterocycles. The minimum absolute atomic E-state index is 0. The first-order chi connectivity index (χ1) is 35.0. The van der Waals surface area contributed by atoms with Crippen molar-refractivity contribution < 1.29 is 31.7 Å². The van der Waals surface area contributed by atoms with Crippen LogP contribution in [0.1, 0.15) is 147 Å². The second kappa shape index (κ2) is 20.1. The number of para-hydroxylation sites is 1. The number of benzene rings is 6. The van der Waals surface area contributed by atoms with E-state index in [2.05, 4.69) is 146 Å². The molecule has 2 saturated carbocycles. The van der Waals surface area contributed by atoms with Crippen LogP contribution in [0.25, 0.3) is 72.7 Å². The van der Waals surface area contributed by atoms with Gasteiger partial charge in [-0.05, 0) is 105 Å². The molecule has 2 aromatic heterocycles. The van der Waals surface area contributed by atoms with Crippen LogP contribution >= 0.6 is 0 Å². The Morgan fingerprint density at radius 2 is 1.20 bits per heavy atom. The number of phenolic OH excluding ortho intramolecular Hbond substituents is 1. The van der Waals surface area contributed by atoms with E-state index in [0.29, 0.717) is 17.0 Å². The van der Waals surface area contributed by atoms with Crippen LogP contribution in [0.5, 0.6) is 5.75 Å². The van der Waals surface area contributed by atoms with Crippen LogP contribution in [0.2, 0.25) is 0 Å². The van der Waals surface area contributed by atoms with Gasteiger partial charge < -0.3 is 5.11 Å². The van der Waals surface area contributed by atoms with Crippen molar-refractivity contribution >= 4 is 11.0 Å². The zero-order valence-corrected chi connectivity index (χ0v) is 45.4. The van der Waals surface area contributed by atoms with E-state index in [1.165, 1.54) is 0 Å². The van der Waals surface area contributed by atoms with E-state index in [-0.39, 0.29) is 54.9 Å². The summed E-state index contributed by atoms with van der Waals surface area (Å²) >= 11 is 0. The summed E-state index contributed by atoms with van der Waals surface area (Å²) in [6.07, 6.45) is 6.88. The molecule has 0 spiro atoms. The van der Waals surface area contributed by atoms with Gasteiger partial charge in [0.1, 0.15) is 11.6 Å². The van der Waals surface area contributed by atoms with Gasteiger partial charge in [-0.1, -0.05) is 210 Å². The van der Waals surface area contributed by atoms with E-state index >= 15 is 0 Å². The first-order valence-corrected chi connectivity index (χ1v) is 25.8. The quantitative estimate of drug-likeness (QED) is 0.139. The van der Waals surface area contributed by atoms with E-state index in [4.69, 9.17) is 12.7 Å². The first kappa shape index (κ1) is 45.3. The molecule has 0 aliphatic heterocycles. The average molecular weight is 1120 g/mol. The standard InChI is InChI=1S/C66H72N3O.Pt/c1-64(2,3)52-38-50(37-51(39-52)58-40-49(32-33-67-58)47-29-26-45(27-30-47)34-43-18-13-14-19-43)54-24-17-25-60-61(54)68-63(56-41-53(65(4,5)6)42-57(62(56)70)66(7,8)9)69(60)59-31-28-46(35-44-20-15-16-21-44)36-55(59)48-22-11-10-12-23-48;/h10-12,17,22-33,36,38-44,70H,13-16,18-21,34-35H2,1-9H3;/q-1;/i34D2,35D2;. The zero-order valence-electron chi connectivity index (χ0n) is 47.1. The number of imidazole rings is 1. The number of hydrogen-bond acceptors (Lipinski definition) is 3. The summed E-state index contributed by atoms with van der Waals surface area (Å²) < 4.78 is 39.2. The van der Waals surface area contributed by atoms with Crippen LogP contribution in [-0.2, 0) is 50.1 Å². The van der Waals surface area contributed by atoms with Crippen molar-refractivity contribution in [3.05, 3.63) is 167 Å².